The van der Waals surface area contributed by atoms with Gasteiger partial charge in [-0.05, 0) is 24.6 Å². The Morgan fingerprint density at radius 3 is 2.95 bits per heavy atom. The SMILES string of the molecule is Cc1nnc2n1CC(C(=O)O)N(Cc1ccc(F)cc1Cl)C2. The van der Waals surface area contributed by atoms with E-state index >= 15 is 0 Å². The smallest absolute Gasteiger partial charge is 0.322 e. The summed E-state index contributed by atoms with van der Waals surface area (Å²) in [6, 6.07) is 3.40. The molecule has 1 aliphatic rings. The molecule has 0 spiro atoms. The van der Waals surface area contributed by atoms with E-state index in [0.717, 1.165) is 0 Å². The number of hydrogen-bond acceptors (Lipinski definition) is 4. The number of fused-ring (bicyclic) bond motifs is 1. The third kappa shape index (κ3) is 2.69. The van der Waals surface area contributed by atoms with Crippen LogP contribution in [0.4, 0.5) is 4.39 Å². The van der Waals surface area contributed by atoms with Crippen molar-refractivity contribution in [3.05, 3.63) is 46.3 Å². The molecular formula is C14H14ClFN4O2. The second-order valence-electron chi connectivity index (χ2n) is 5.27. The molecule has 2 aromatic rings. The van der Waals surface area contributed by atoms with Crippen molar-refractivity contribution in [2.75, 3.05) is 0 Å². The first-order valence-electron chi connectivity index (χ1n) is 6.75. The van der Waals surface area contributed by atoms with E-state index in [9.17, 15) is 14.3 Å². The fourth-order valence-electron chi connectivity index (χ4n) is 2.63. The molecule has 6 nitrogen and oxygen atoms in total. The van der Waals surface area contributed by atoms with Crippen molar-refractivity contribution in [3.63, 3.8) is 0 Å². The fourth-order valence-corrected chi connectivity index (χ4v) is 2.86. The molecule has 1 N–H and O–H groups in total. The minimum Gasteiger partial charge on any atom is -0.480 e. The van der Waals surface area contributed by atoms with Gasteiger partial charge in [-0.15, -0.1) is 10.2 Å². The highest BCUT2D eigenvalue weighted by Gasteiger charge is 2.33. The topological polar surface area (TPSA) is 71.2 Å². The summed E-state index contributed by atoms with van der Waals surface area (Å²) in [5.41, 5.74) is 0.680. The van der Waals surface area contributed by atoms with Gasteiger partial charge in [-0.25, -0.2) is 4.39 Å². The van der Waals surface area contributed by atoms with Crippen LogP contribution in [0.15, 0.2) is 18.2 Å². The minimum atomic E-state index is -0.919. The van der Waals surface area contributed by atoms with Gasteiger partial charge in [0.2, 0.25) is 0 Å². The van der Waals surface area contributed by atoms with Crippen LogP contribution in [0.1, 0.15) is 17.2 Å². The summed E-state index contributed by atoms with van der Waals surface area (Å²) in [6.45, 7) is 2.73. The fraction of sp³-hybridized carbons (Fsp3) is 0.357. The monoisotopic (exact) mass is 324 g/mol. The third-order valence-corrected chi connectivity index (χ3v) is 4.18. The van der Waals surface area contributed by atoms with Crippen molar-refractivity contribution in [3.8, 4) is 0 Å². The van der Waals surface area contributed by atoms with Crippen LogP contribution in [-0.2, 0) is 24.4 Å². The Labute approximate surface area is 131 Å². The third-order valence-electron chi connectivity index (χ3n) is 3.83. The minimum absolute atomic E-state index is 0.280. The maximum atomic E-state index is 13.1. The lowest BCUT2D eigenvalue weighted by molar-refractivity contribution is -0.145. The molecular weight excluding hydrogens is 311 g/mol. The number of halogens is 2. The van der Waals surface area contributed by atoms with Gasteiger partial charge in [0.05, 0.1) is 13.1 Å². The molecule has 1 aromatic carbocycles. The number of carboxylic acid groups (broad SMARTS) is 1. The van der Waals surface area contributed by atoms with Crippen molar-refractivity contribution in [2.45, 2.75) is 32.6 Å². The number of rotatable bonds is 3. The summed E-state index contributed by atoms with van der Waals surface area (Å²) in [5, 5.41) is 17.8. The maximum Gasteiger partial charge on any atom is 0.322 e. The van der Waals surface area contributed by atoms with Gasteiger partial charge in [-0.3, -0.25) is 9.69 Å². The molecule has 1 aromatic heterocycles. The zero-order valence-electron chi connectivity index (χ0n) is 11.8. The average molecular weight is 325 g/mol. The highest BCUT2D eigenvalue weighted by molar-refractivity contribution is 6.31. The molecule has 0 saturated carbocycles. The predicted octanol–water partition coefficient (Wildman–Crippen LogP) is 1.85. The molecule has 0 bridgehead atoms. The number of carbonyl (C=O) groups is 1. The van der Waals surface area contributed by atoms with Crippen LogP contribution in [0.2, 0.25) is 5.02 Å². The highest BCUT2D eigenvalue weighted by Crippen LogP contribution is 2.24. The van der Waals surface area contributed by atoms with E-state index in [4.69, 9.17) is 11.6 Å². The Morgan fingerprint density at radius 2 is 2.27 bits per heavy atom. The molecule has 0 radical (unpaired) electrons. The van der Waals surface area contributed by atoms with E-state index in [1.807, 2.05) is 4.57 Å². The zero-order valence-corrected chi connectivity index (χ0v) is 12.6. The van der Waals surface area contributed by atoms with E-state index in [0.29, 0.717) is 30.3 Å². The lowest BCUT2D eigenvalue weighted by Crippen LogP contribution is -2.47. The Hall–Kier alpha value is -1.99. The average Bonchev–Trinajstić information content (AvgIpc) is 2.82. The second kappa shape index (κ2) is 5.66. The van der Waals surface area contributed by atoms with Gasteiger partial charge in [0, 0.05) is 11.6 Å². The van der Waals surface area contributed by atoms with Gasteiger partial charge in [-0.2, -0.15) is 0 Å². The molecule has 0 fully saturated rings. The summed E-state index contributed by atoms with van der Waals surface area (Å²) in [4.78, 5) is 13.3. The summed E-state index contributed by atoms with van der Waals surface area (Å²) >= 11 is 6.03. The van der Waals surface area contributed by atoms with Crippen molar-refractivity contribution < 1.29 is 14.3 Å². The van der Waals surface area contributed by atoms with E-state index in [2.05, 4.69) is 10.2 Å². The number of benzene rings is 1. The summed E-state index contributed by atoms with van der Waals surface area (Å²) < 4.78 is 14.9. The molecule has 0 amide bonds. The predicted molar refractivity (Wildman–Crippen MR) is 76.8 cm³/mol. The molecule has 1 atom stereocenters. The zero-order chi connectivity index (χ0) is 15.9. The Balaban J connectivity index is 1.89. The van der Waals surface area contributed by atoms with Crippen LogP contribution in [0.25, 0.3) is 0 Å². The van der Waals surface area contributed by atoms with E-state index < -0.39 is 17.8 Å². The Kier molecular flexibility index (Phi) is 3.84. The number of carboxylic acids is 1. The summed E-state index contributed by atoms with van der Waals surface area (Å²) in [6.07, 6.45) is 0. The number of nitrogens with zero attached hydrogens (tertiary/aromatic N) is 4. The maximum absolute atomic E-state index is 13.1. The molecule has 116 valence electrons. The van der Waals surface area contributed by atoms with Gasteiger partial charge < -0.3 is 9.67 Å². The van der Waals surface area contributed by atoms with Gasteiger partial charge >= 0.3 is 5.97 Å². The van der Waals surface area contributed by atoms with E-state index in [-0.39, 0.29) is 11.6 Å². The van der Waals surface area contributed by atoms with Gasteiger partial charge in [0.25, 0.3) is 0 Å². The van der Waals surface area contributed by atoms with Crippen molar-refractivity contribution >= 4 is 17.6 Å². The van der Waals surface area contributed by atoms with Gasteiger partial charge in [0.15, 0.2) is 0 Å². The lowest BCUT2D eigenvalue weighted by Gasteiger charge is -2.33. The van der Waals surface area contributed by atoms with Crippen molar-refractivity contribution in [1.29, 1.82) is 0 Å². The molecule has 1 unspecified atom stereocenters. The summed E-state index contributed by atoms with van der Waals surface area (Å²) in [7, 11) is 0. The van der Waals surface area contributed by atoms with Gasteiger partial charge in [0.1, 0.15) is 23.5 Å². The van der Waals surface area contributed by atoms with Crippen LogP contribution >= 0.6 is 11.6 Å². The van der Waals surface area contributed by atoms with Crippen molar-refractivity contribution in [1.82, 2.24) is 19.7 Å². The number of aliphatic carboxylic acids is 1. The molecule has 8 heteroatoms. The van der Waals surface area contributed by atoms with Gasteiger partial charge in [-0.1, -0.05) is 17.7 Å². The second-order valence-corrected chi connectivity index (χ2v) is 5.68. The molecule has 3 rings (SSSR count). The Bertz CT molecular complexity index is 734. The number of hydrogen-bond donors (Lipinski definition) is 1. The first kappa shape index (κ1) is 14.9. The van der Waals surface area contributed by atoms with Crippen LogP contribution < -0.4 is 0 Å². The lowest BCUT2D eigenvalue weighted by atomic mass is 10.1. The van der Waals surface area contributed by atoms with E-state index in [1.54, 1.807) is 17.9 Å². The normalized spacial score (nSPS) is 18.2. The number of aromatic nitrogens is 3. The first-order chi connectivity index (χ1) is 10.5. The molecule has 1 aliphatic heterocycles. The van der Waals surface area contributed by atoms with Crippen LogP contribution in [0, 0.1) is 12.7 Å². The molecule has 2 heterocycles. The first-order valence-corrected chi connectivity index (χ1v) is 7.13. The highest BCUT2D eigenvalue weighted by atomic mass is 35.5. The molecule has 0 saturated heterocycles. The standard InChI is InChI=1S/C14H14ClFN4O2/c1-8-17-18-13-7-19(12(14(21)22)6-20(8)13)5-9-2-3-10(16)4-11(9)15/h2-4,12H,5-7H2,1H3,(H,21,22). The van der Waals surface area contributed by atoms with Crippen molar-refractivity contribution in [2.24, 2.45) is 0 Å². The van der Waals surface area contributed by atoms with Crippen LogP contribution in [-0.4, -0.2) is 36.8 Å². The Morgan fingerprint density at radius 1 is 1.50 bits per heavy atom. The van der Waals surface area contributed by atoms with E-state index in [1.165, 1.54) is 12.1 Å². The van der Waals surface area contributed by atoms with Crippen LogP contribution in [0.5, 0.6) is 0 Å². The molecule has 22 heavy (non-hydrogen) atoms. The summed E-state index contributed by atoms with van der Waals surface area (Å²) in [5.74, 6) is 0.0727. The largest absolute Gasteiger partial charge is 0.480 e. The quantitative estimate of drug-likeness (QED) is 0.933. The van der Waals surface area contributed by atoms with Crippen LogP contribution in [0.3, 0.4) is 0 Å². The number of aryl methyl sites for hydroxylation is 1. The molecule has 0 aliphatic carbocycles.